The van der Waals surface area contributed by atoms with Gasteiger partial charge in [-0.1, -0.05) is 44.2 Å². The standard InChI is InChI=1S/C24H29FN4O2/c1-16(2)14-26-11-12-28(3)24(30)29-23(17-7-5-4-6-8-17)20-15-31-21-10-9-18(25)13-19(21)22(20)27-29/h4-10,13,16,20,23,26H,11-12,14-15H2,1-3H3. The lowest BCUT2D eigenvalue weighted by Crippen LogP contribution is -2.43. The minimum Gasteiger partial charge on any atom is -0.492 e. The van der Waals surface area contributed by atoms with Crippen LogP contribution >= 0.6 is 0 Å². The SMILES string of the molecule is CC(C)CNCCN(C)C(=O)N1N=C2c3cc(F)ccc3OCC2C1c1ccccc1. The zero-order valence-corrected chi connectivity index (χ0v) is 18.2. The number of ether oxygens (including phenoxy) is 1. The van der Waals surface area contributed by atoms with Crippen LogP contribution < -0.4 is 10.1 Å². The Balaban J connectivity index is 1.61. The van der Waals surface area contributed by atoms with Crippen molar-refractivity contribution in [2.75, 3.05) is 33.3 Å². The summed E-state index contributed by atoms with van der Waals surface area (Å²) < 4.78 is 19.9. The van der Waals surface area contributed by atoms with E-state index >= 15 is 0 Å². The predicted molar refractivity (Wildman–Crippen MR) is 119 cm³/mol. The average molecular weight is 425 g/mol. The van der Waals surface area contributed by atoms with Gasteiger partial charge in [-0.05, 0) is 36.2 Å². The summed E-state index contributed by atoms with van der Waals surface area (Å²) in [6.45, 7) is 6.87. The van der Waals surface area contributed by atoms with Crippen molar-refractivity contribution in [2.45, 2.75) is 19.9 Å². The molecule has 1 N–H and O–H groups in total. The van der Waals surface area contributed by atoms with E-state index in [4.69, 9.17) is 9.84 Å². The monoisotopic (exact) mass is 424 g/mol. The molecule has 2 aliphatic heterocycles. The van der Waals surface area contributed by atoms with Gasteiger partial charge >= 0.3 is 6.03 Å². The molecule has 0 radical (unpaired) electrons. The Morgan fingerprint density at radius 3 is 2.81 bits per heavy atom. The largest absolute Gasteiger partial charge is 0.492 e. The van der Waals surface area contributed by atoms with Crippen molar-refractivity contribution < 1.29 is 13.9 Å². The van der Waals surface area contributed by atoms with Crippen molar-refractivity contribution in [1.82, 2.24) is 15.2 Å². The van der Waals surface area contributed by atoms with Gasteiger partial charge in [-0.15, -0.1) is 0 Å². The molecular weight excluding hydrogens is 395 g/mol. The summed E-state index contributed by atoms with van der Waals surface area (Å²) in [5, 5.41) is 9.63. The maximum Gasteiger partial charge on any atom is 0.340 e. The molecule has 0 saturated carbocycles. The molecule has 2 heterocycles. The molecular formula is C24H29FN4O2. The van der Waals surface area contributed by atoms with Crippen LogP contribution in [-0.4, -0.2) is 54.9 Å². The fraction of sp³-hybridized carbons (Fsp3) is 0.417. The van der Waals surface area contributed by atoms with Gasteiger partial charge in [-0.2, -0.15) is 5.10 Å². The van der Waals surface area contributed by atoms with Gasteiger partial charge in [0.15, 0.2) is 0 Å². The lowest BCUT2D eigenvalue weighted by Gasteiger charge is -2.31. The normalized spacial score (nSPS) is 19.5. The van der Waals surface area contributed by atoms with Crippen molar-refractivity contribution in [1.29, 1.82) is 0 Å². The molecule has 2 aromatic carbocycles. The molecule has 0 spiro atoms. The maximum atomic E-state index is 14.0. The zero-order chi connectivity index (χ0) is 22.0. The van der Waals surface area contributed by atoms with Gasteiger partial charge in [0.05, 0.1) is 24.3 Å². The van der Waals surface area contributed by atoms with E-state index in [1.54, 1.807) is 23.0 Å². The Bertz CT molecular complexity index is 963. The van der Waals surface area contributed by atoms with Crippen LogP contribution in [0, 0.1) is 17.7 Å². The number of fused-ring (bicyclic) bond motifs is 3. The Morgan fingerprint density at radius 1 is 1.29 bits per heavy atom. The van der Waals surface area contributed by atoms with E-state index in [0.29, 0.717) is 42.6 Å². The molecule has 7 heteroatoms. The fourth-order valence-electron chi connectivity index (χ4n) is 4.10. The van der Waals surface area contributed by atoms with Crippen LogP contribution in [0.25, 0.3) is 0 Å². The van der Waals surface area contributed by atoms with E-state index in [1.807, 2.05) is 30.3 Å². The van der Waals surface area contributed by atoms with Crippen LogP contribution in [-0.2, 0) is 0 Å². The first-order valence-electron chi connectivity index (χ1n) is 10.8. The van der Waals surface area contributed by atoms with Gasteiger partial charge in [0.25, 0.3) is 0 Å². The number of hydrogen-bond acceptors (Lipinski definition) is 4. The third kappa shape index (κ3) is 4.42. The molecule has 2 aromatic rings. The van der Waals surface area contributed by atoms with E-state index < -0.39 is 0 Å². The third-order valence-corrected chi connectivity index (χ3v) is 5.69. The molecule has 0 saturated heterocycles. The first kappa shape index (κ1) is 21.3. The number of carbonyl (C=O) groups is 1. The van der Waals surface area contributed by atoms with Gasteiger partial charge < -0.3 is 15.0 Å². The van der Waals surface area contributed by atoms with Gasteiger partial charge in [0.1, 0.15) is 11.6 Å². The van der Waals surface area contributed by atoms with Crippen LogP contribution in [0.2, 0.25) is 0 Å². The minimum atomic E-state index is -0.347. The van der Waals surface area contributed by atoms with Crippen LogP contribution in [0.1, 0.15) is 31.0 Å². The number of rotatable bonds is 6. The first-order chi connectivity index (χ1) is 15.0. The topological polar surface area (TPSA) is 57.2 Å². The van der Waals surface area contributed by atoms with Crippen LogP contribution in [0.4, 0.5) is 9.18 Å². The number of hydrazone groups is 1. The second kappa shape index (κ2) is 9.06. The smallest absolute Gasteiger partial charge is 0.340 e. The number of halogens is 1. The summed E-state index contributed by atoms with van der Waals surface area (Å²) >= 11 is 0. The Morgan fingerprint density at radius 2 is 2.06 bits per heavy atom. The van der Waals surface area contributed by atoms with Crippen LogP contribution in [0.3, 0.4) is 0 Å². The molecule has 4 rings (SSSR count). The predicted octanol–water partition coefficient (Wildman–Crippen LogP) is 3.89. The lowest BCUT2D eigenvalue weighted by molar-refractivity contribution is 0.133. The summed E-state index contributed by atoms with van der Waals surface area (Å²) in [7, 11) is 1.79. The van der Waals surface area contributed by atoms with Gasteiger partial charge in [0.2, 0.25) is 0 Å². The van der Waals surface area contributed by atoms with Gasteiger partial charge in [-0.25, -0.2) is 14.2 Å². The number of carbonyl (C=O) groups excluding carboxylic acids is 1. The summed E-state index contributed by atoms with van der Waals surface area (Å²) in [6, 6.07) is 13.8. The number of nitrogens with one attached hydrogen (secondary N) is 1. The lowest BCUT2D eigenvalue weighted by atomic mass is 9.86. The minimum absolute atomic E-state index is 0.159. The van der Waals surface area contributed by atoms with Gasteiger partial charge in [-0.3, -0.25) is 0 Å². The number of nitrogens with zero attached hydrogens (tertiary/aromatic N) is 3. The quantitative estimate of drug-likeness (QED) is 0.716. The van der Waals surface area contributed by atoms with E-state index in [2.05, 4.69) is 19.2 Å². The molecule has 0 aliphatic carbocycles. The molecule has 0 bridgehead atoms. The third-order valence-electron chi connectivity index (χ3n) is 5.69. The highest BCUT2D eigenvalue weighted by Gasteiger charge is 2.45. The number of benzene rings is 2. The van der Waals surface area contributed by atoms with Crippen LogP contribution in [0.15, 0.2) is 53.6 Å². The highest BCUT2D eigenvalue weighted by molar-refractivity contribution is 6.07. The second-order valence-electron chi connectivity index (χ2n) is 8.55. The Hall–Kier alpha value is -2.93. The Kier molecular flexibility index (Phi) is 6.23. The molecule has 0 aromatic heterocycles. The highest BCUT2D eigenvalue weighted by atomic mass is 19.1. The van der Waals surface area contributed by atoms with Crippen molar-refractivity contribution in [3.8, 4) is 5.75 Å². The average Bonchev–Trinajstić information content (AvgIpc) is 3.16. The molecule has 2 amide bonds. The fourth-order valence-corrected chi connectivity index (χ4v) is 4.10. The van der Waals surface area contributed by atoms with E-state index in [-0.39, 0.29) is 23.8 Å². The molecule has 31 heavy (non-hydrogen) atoms. The van der Waals surface area contributed by atoms with E-state index in [0.717, 1.165) is 12.1 Å². The molecule has 164 valence electrons. The van der Waals surface area contributed by atoms with Crippen molar-refractivity contribution in [3.63, 3.8) is 0 Å². The molecule has 2 atom stereocenters. The Labute approximate surface area is 182 Å². The van der Waals surface area contributed by atoms with E-state index in [1.165, 1.54) is 12.1 Å². The van der Waals surface area contributed by atoms with Crippen molar-refractivity contribution >= 4 is 11.7 Å². The van der Waals surface area contributed by atoms with Crippen molar-refractivity contribution in [3.05, 3.63) is 65.5 Å². The van der Waals surface area contributed by atoms with Crippen LogP contribution in [0.5, 0.6) is 5.75 Å². The maximum absolute atomic E-state index is 14.0. The molecule has 6 nitrogen and oxygen atoms in total. The second-order valence-corrected chi connectivity index (χ2v) is 8.55. The highest BCUT2D eigenvalue weighted by Crippen LogP contribution is 2.42. The summed E-state index contributed by atoms with van der Waals surface area (Å²) in [5.74, 6) is 0.647. The first-order valence-corrected chi connectivity index (χ1v) is 10.8. The summed E-state index contributed by atoms with van der Waals surface area (Å²) in [5.41, 5.74) is 2.30. The summed E-state index contributed by atoms with van der Waals surface area (Å²) in [4.78, 5) is 15.1. The molecule has 2 unspecified atom stereocenters. The zero-order valence-electron chi connectivity index (χ0n) is 18.2. The number of likely N-dealkylation sites (N-methyl/N-ethyl adjacent to an activating group) is 1. The van der Waals surface area contributed by atoms with Gasteiger partial charge in [0, 0.05) is 25.7 Å². The van der Waals surface area contributed by atoms with E-state index in [9.17, 15) is 9.18 Å². The number of amides is 2. The summed E-state index contributed by atoms with van der Waals surface area (Å²) in [6.07, 6.45) is 0. The number of urea groups is 1. The van der Waals surface area contributed by atoms with Crippen molar-refractivity contribution in [2.24, 2.45) is 16.9 Å². The molecule has 0 fully saturated rings. The number of hydrogen-bond donors (Lipinski definition) is 1. The molecule has 2 aliphatic rings.